The van der Waals surface area contributed by atoms with Gasteiger partial charge in [0.25, 0.3) is 0 Å². The van der Waals surface area contributed by atoms with Crippen LogP contribution in [0.2, 0.25) is 0 Å². The van der Waals surface area contributed by atoms with Crippen LogP contribution in [0.25, 0.3) is 0 Å². The predicted octanol–water partition coefficient (Wildman–Crippen LogP) is 0.977. The molecule has 1 fully saturated rings. The standard InChI is InChI=1S/C13H19NO4S/c1-10-13(7-8-18-10)14(2)19(16,17)12-5-3-11(9-15)4-6-12/h3-6,10,13,15H,7-9H2,1-2H3. The van der Waals surface area contributed by atoms with Gasteiger partial charge in [-0.05, 0) is 31.0 Å². The van der Waals surface area contributed by atoms with E-state index in [0.717, 1.165) is 0 Å². The van der Waals surface area contributed by atoms with E-state index in [2.05, 4.69) is 0 Å². The smallest absolute Gasteiger partial charge is 0.243 e. The minimum atomic E-state index is -3.51. The highest BCUT2D eigenvalue weighted by Gasteiger charge is 2.35. The van der Waals surface area contributed by atoms with Crippen molar-refractivity contribution in [3.05, 3.63) is 29.8 Å². The van der Waals surface area contributed by atoms with Crippen molar-refractivity contribution in [1.82, 2.24) is 4.31 Å². The Morgan fingerprint density at radius 1 is 1.37 bits per heavy atom. The zero-order chi connectivity index (χ0) is 14.0. The number of aliphatic hydroxyl groups is 1. The van der Waals surface area contributed by atoms with Gasteiger partial charge in [-0.15, -0.1) is 0 Å². The number of ether oxygens (including phenoxy) is 1. The monoisotopic (exact) mass is 285 g/mol. The summed E-state index contributed by atoms with van der Waals surface area (Å²) in [4.78, 5) is 0.242. The van der Waals surface area contributed by atoms with Crippen molar-refractivity contribution in [3.63, 3.8) is 0 Å². The summed E-state index contributed by atoms with van der Waals surface area (Å²) >= 11 is 0. The van der Waals surface area contributed by atoms with Gasteiger partial charge in [0.1, 0.15) is 0 Å². The molecule has 6 heteroatoms. The van der Waals surface area contributed by atoms with Crippen LogP contribution in [0.15, 0.2) is 29.2 Å². The first-order valence-corrected chi connectivity index (χ1v) is 7.70. The SMILES string of the molecule is CC1OCCC1N(C)S(=O)(=O)c1ccc(CO)cc1. The number of hydrogen-bond donors (Lipinski definition) is 1. The normalized spacial score (nSPS) is 24.0. The molecule has 1 aliphatic rings. The lowest BCUT2D eigenvalue weighted by Gasteiger charge is -2.26. The van der Waals surface area contributed by atoms with Gasteiger partial charge in [0.05, 0.1) is 23.6 Å². The summed E-state index contributed by atoms with van der Waals surface area (Å²) in [6.45, 7) is 2.39. The molecule has 1 N–H and O–H groups in total. The molecule has 106 valence electrons. The quantitative estimate of drug-likeness (QED) is 0.895. The molecule has 1 aromatic carbocycles. The Morgan fingerprint density at radius 2 is 2.00 bits per heavy atom. The van der Waals surface area contributed by atoms with E-state index < -0.39 is 10.0 Å². The number of sulfonamides is 1. The predicted molar refractivity (Wildman–Crippen MR) is 71.1 cm³/mol. The van der Waals surface area contributed by atoms with Crippen molar-refractivity contribution >= 4 is 10.0 Å². The number of benzene rings is 1. The average molecular weight is 285 g/mol. The third-order valence-corrected chi connectivity index (χ3v) is 5.48. The highest BCUT2D eigenvalue weighted by atomic mass is 32.2. The highest BCUT2D eigenvalue weighted by molar-refractivity contribution is 7.89. The van der Waals surface area contributed by atoms with Gasteiger partial charge in [0.15, 0.2) is 0 Å². The summed E-state index contributed by atoms with van der Waals surface area (Å²) in [6.07, 6.45) is 0.627. The molecule has 0 radical (unpaired) electrons. The molecule has 5 nitrogen and oxygen atoms in total. The van der Waals surface area contributed by atoms with Crippen molar-refractivity contribution in [2.45, 2.75) is 37.0 Å². The molecule has 0 bridgehead atoms. The van der Waals surface area contributed by atoms with E-state index in [-0.39, 0.29) is 23.6 Å². The zero-order valence-corrected chi connectivity index (χ0v) is 11.9. The second-order valence-corrected chi connectivity index (χ2v) is 6.75. The molecular weight excluding hydrogens is 266 g/mol. The van der Waals surface area contributed by atoms with Crippen molar-refractivity contribution in [1.29, 1.82) is 0 Å². The number of aliphatic hydroxyl groups excluding tert-OH is 1. The molecule has 0 saturated carbocycles. The molecule has 2 atom stereocenters. The van der Waals surface area contributed by atoms with Gasteiger partial charge in [-0.3, -0.25) is 0 Å². The van der Waals surface area contributed by atoms with Gasteiger partial charge < -0.3 is 9.84 Å². The van der Waals surface area contributed by atoms with E-state index in [1.165, 1.54) is 16.4 Å². The topological polar surface area (TPSA) is 66.8 Å². The molecule has 1 heterocycles. The van der Waals surface area contributed by atoms with Crippen molar-refractivity contribution in [3.8, 4) is 0 Å². The van der Waals surface area contributed by atoms with Crippen molar-refractivity contribution in [2.75, 3.05) is 13.7 Å². The fourth-order valence-corrected chi connectivity index (χ4v) is 3.76. The fraction of sp³-hybridized carbons (Fsp3) is 0.538. The van der Waals surface area contributed by atoms with Crippen LogP contribution in [0.1, 0.15) is 18.9 Å². The maximum atomic E-state index is 12.5. The molecule has 0 amide bonds. The van der Waals surface area contributed by atoms with Crippen molar-refractivity contribution in [2.24, 2.45) is 0 Å². The maximum absolute atomic E-state index is 12.5. The zero-order valence-electron chi connectivity index (χ0n) is 11.1. The van der Waals surface area contributed by atoms with Crippen LogP contribution in [0.4, 0.5) is 0 Å². The Kier molecular flexibility index (Phi) is 4.25. The molecule has 0 aliphatic carbocycles. The van der Waals surface area contributed by atoms with Gasteiger partial charge in [0, 0.05) is 13.7 Å². The van der Waals surface area contributed by atoms with Crippen LogP contribution >= 0.6 is 0 Å². The van der Waals surface area contributed by atoms with E-state index in [1.807, 2.05) is 6.92 Å². The number of nitrogens with zero attached hydrogens (tertiary/aromatic N) is 1. The van der Waals surface area contributed by atoms with Gasteiger partial charge in [-0.1, -0.05) is 12.1 Å². The first kappa shape index (κ1) is 14.5. The van der Waals surface area contributed by atoms with E-state index >= 15 is 0 Å². The Hall–Kier alpha value is -0.950. The van der Waals surface area contributed by atoms with Crippen LogP contribution in [-0.2, 0) is 21.4 Å². The first-order chi connectivity index (χ1) is 8.96. The summed E-state index contributed by atoms with van der Waals surface area (Å²) < 4.78 is 31.7. The Balaban J connectivity index is 2.25. The Bertz CT molecular complexity index is 526. The van der Waals surface area contributed by atoms with Gasteiger partial charge in [0.2, 0.25) is 10.0 Å². The summed E-state index contributed by atoms with van der Waals surface area (Å²) in [7, 11) is -1.92. The van der Waals surface area contributed by atoms with Crippen LogP contribution in [-0.4, -0.2) is 43.6 Å². The van der Waals surface area contributed by atoms with E-state index in [4.69, 9.17) is 9.84 Å². The second kappa shape index (κ2) is 5.58. The van der Waals surface area contributed by atoms with E-state index in [0.29, 0.717) is 18.6 Å². The minimum absolute atomic E-state index is 0.0866. The number of likely N-dealkylation sites (N-methyl/N-ethyl adjacent to an activating group) is 1. The van der Waals surface area contributed by atoms with Gasteiger partial charge >= 0.3 is 0 Å². The van der Waals surface area contributed by atoms with Crippen LogP contribution in [0.5, 0.6) is 0 Å². The molecule has 2 unspecified atom stereocenters. The van der Waals surface area contributed by atoms with Crippen LogP contribution < -0.4 is 0 Å². The Morgan fingerprint density at radius 3 is 2.47 bits per heavy atom. The van der Waals surface area contributed by atoms with Crippen LogP contribution in [0.3, 0.4) is 0 Å². The third-order valence-electron chi connectivity index (χ3n) is 3.59. The summed E-state index contributed by atoms with van der Waals surface area (Å²) in [5.41, 5.74) is 0.694. The summed E-state index contributed by atoms with van der Waals surface area (Å²) in [6, 6.07) is 6.17. The molecule has 0 spiro atoms. The van der Waals surface area contributed by atoms with E-state index in [9.17, 15) is 8.42 Å². The first-order valence-electron chi connectivity index (χ1n) is 6.26. The Labute approximate surface area is 113 Å². The van der Waals surface area contributed by atoms with Crippen molar-refractivity contribution < 1.29 is 18.3 Å². The maximum Gasteiger partial charge on any atom is 0.243 e. The molecule has 1 saturated heterocycles. The second-order valence-electron chi connectivity index (χ2n) is 4.76. The van der Waals surface area contributed by atoms with E-state index in [1.54, 1.807) is 19.2 Å². The van der Waals surface area contributed by atoms with Gasteiger partial charge in [-0.2, -0.15) is 4.31 Å². The average Bonchev–Trinajstić information content (AvgIpc) is 2.84. The molecule has 2 rings (SSSR count). The number of hydrogen-bond acceptors (Lipinski definition) is 4. The third kappa shape index (κ3) is 2.81. The molecule has 0 aromatic heterocycles. The minimum Gasteiger partial charge on any atom is -0.392 e. The van der Waals surface area contributed by atoms with Gasteiger partial charge in [-0.25, -0.2) is 8.42 Å². The highest BCUT2D eigenvalue weighted by Crippen LogP contribution is 2.24. The number of rotatable bonds is 4. The molecule has 19 heavy (non-hydrogen) atoms. The molecule has 1 aromatic rings. The lowest BCUT2D eigenvalue weighted by molar-refractivity contribution is 0.102. The summed E-state index contributed by atoms with van der Waals surface area (Å²) in [5.74, 6) is 0. The molecular formula is C13H19NO4S. The summed E-state index contributed by atoms with van der Waals surface area (Å²) in [5, 5.41) is 8.97. The largest absolute Gasteiger partial charge is 0.392 e. The fourth-order valence-electron chi connectivity index (χ4n) is 2.31. The lowest BCUT2D eigenvalue weighted by Crippen LogP contribution is -2.40. The lowest BCUT2D eigenvalue weighted by atomic mass is 10.2. The molecule has 1 aliphatic heterocycles. The van der Waals surface area contributed by atoms with Crippen LogP contribution in [0, 0.1) is 0 Å².